The fourth-order valence-electron chi connectivity index (χ4n) is 5.94. The Morgan fingerprint density at radius 3 is 1.30 bits per heavy atom. The zero-order valence-corrected chi connectivity index (χ0v) is 18.5. The summed E-state index contributed by atoms with van der Waals surface area (Å²) < 4.78 is 0. The molecule has 0 saturated heterocycles. The lowest BCUT2D eigenvalue weighted by Crippen LogP contribution is -2.48. The summed E-state index contributed by atoms with van der Waals surface area (Å²) in [6, 6.07) is 0. The monoisotopic (exact) mass is 324 g/mol. The Labute approximate surface area is 149 Å². The molecule has 0 saturated carbocycles. The van der Waals surface area contributed by atoms with Crippen LogP contribution < -0.4 is 0 Å². The quantitative estimate of drug-likeness (QED) is 0.383. The second-order valence-corrected chi connectivity index (χ2v) is 9.37. The highest BCUT2D eigenvalue weighted by Crippen LogP contribution is 2.54. The van der Waals surface area contributed by atoms with Gasteiger partial charge in [-0.2, -0.15) is 0 Å². The van der Waals surface area contributed by atoms with E-state index >= 15 is 0 Å². The highest BCUT2D eigenvalue weighted by Gasteiger charge is 2.48. The van der Waals surface area contributed by atoms with Gasteiger partial charge in [0.1, 0.15) is 0 Å². The van der Waals surface area contributed by atoms with E-state index < -0.39 is 0 Å². The van der Waals surface area contributed by atoms with Crippen LogP contribution in [0.2, 0.25) is 0 Å². The average molecular weight is 325 g/mol. The fourth-order valence-corrected chi connectivity index (χ4v) is 5.94. The summed E-state index contributed by atoms with van der Waals surface area (Å²) in [6.45, 7) is 29.6. The van der Waals surface area contributed by atoms with Gasteiger partial charge in [-0.15, -0.1) is 0 Å². The molecule has 6 unspecified atom stereocenters. The molecule has 0 radical (unpaired) electrons. The van der Waals surface area contributed by atoms with Crippen LogP contribution in [0.25, 0.3) is 0 Å². The first-order valence-electron chi connectivity index (χ1n) is 10.5. The third-order valence-corrected chi connectivity index (χ3v) is 8.24. The SMILES string of the molecule is CCC(C)C(C)C(C)C(C)C(C)C(C(C)C)(C(C)C)C(C)CC. The summed E-state index contributed by atoms with van der Waals surface area (Å²) in [5, 5.41) is 0. The van der Waals surface area contributed by atoms with Crippen LogP contribution >= 0.6 is 0 Å². The first-order chi connectivity index (χ1) is 10.5. The lowest BCUT2D eigenvalue weighted by atomic mass is 9.51. The van der Waals surface area contributed by atoms with Gasteiger partial charge in [0, 0.05) is 0 Å². The van der Waals surface area contributed by atoms with Crippen LogP contribution in [0.5, 0.6) is 0 Å². The van der Waals surface area contributed by atoms with Gasteiger partial charge in [0.15, 0.2) is 0 Å². The summed E-state index contributed by atoms with van der Waals surface area (Å²) in [5.74, 6) is 6.23. The highest BCUT2D eigenvalue weighted by atomic mass is 14.5. The Kier molecular flexibility index (Phi) is 9.47. The van der Waals surface area contributed by atoms with Crippen molar-refractivity contribution in [2.24, 2.45) is 52.8 Å². The van der Waals surface area contributed by atoms with Crippen molar-refractivity contribution in [1.29, 1.82) is 0 Å². The van der Waals surface area contributed by atoms with Gasteiger partial charge in [0.2, 0.25) is 0 Å². The van der Waals surface area contributed by atoms with E-state index in [4.69, 9.17) is 0 Å². The molecule has 0 aromatic rings. The van der Waals surface area contributed by atoms with Crippen molar-refractivity contribution < 1.29 is 0 Å². The maximum absolute atomic E-state index is 2.57. The molecule has 0 aliphatic rings. The topological polar surface area (TPSA) is 0 Å². The Morgan fingerprint density at radius 2 is 1.00 bits per heavy atom. The van der Waals surface area contributed by atoms with Crippen molar-refractivity contribution in [2.75, 3.05) is 0 Å². The summed E-state index contributed by atoms with van der Waals surface area (Å²) in [7, 11) is 0. The van der Waals surface area contributed by atoms with E-state index in [1.165, 1.54) is 12.8 Å². The molecule has 0 heterocycles. The van der Waals surface area contributed by atoms with Crippen LogP contribution in [0.15, 0.2) is 0 Å². The van der Waals surface area contributed by atoms with Gasteiger partial charge in [0.25, 0.3) is 0 Å². The van der Waals surface area contributed by atoms with E-state index in [0.29, 0.717) is 5.41 Å². The van der Waals surface area contributed by atoms with Gasteiger partial charge < -0.3 is 0 Å². The van der Waals surface area contributed by atoms with Crippen LogP contribution in [0.3, 0.4) is 0 Å². The minimum absolute atomic E-state index is 0.442. The average Bonchev–Trinajstić information content (AvgIpc) is 2.51. The molecule has 0 bridgehead atoms. The summed E-state index contributed by atoms with van der Waals surface area (Å²) in [5.41, 5.74) is 0.442. The Bertz CT molecular complexity index is 306. The molecule has 0 N–H and O–H groups in total. The van der Waals surface area contributed by atoms with Gasteiger partial charge in [-0.25, -0.2) is 0 Å². The molecule has 0 aromatic carbocycles. The zero-order valence-electron chi connectivity index (χ0n) is 18.5. The molecule has 0 nitrogen and oxygen atoms in total. The van der Waals surface area contributed by atoms with Crippen LogP contribution in [0.4, 0.5) is 0 Å². The number of rotatable bonds is 10. The van der Waals surface area contributed by atoms with Crippen molar-refractivity contribution in [3.63, 3.8) is 0 Å². The molecule has 0 amide bonds. The minimum atomic E-state index is 0.442. The van der Waals surface area contributed by atoms with Crippen LogP contribution in [0, 0.1) is 52.8 Å². The van der Waals surface area contributed by atoms with Crippen molar-refractivity contribution in [2.45, 2.75) is 95.9 Å². The standard InChI is InChI=1S/C23H48/c1-13-17(7)19(9)20(10)21(11)22(12)23(15(3)4,16(5)6)18(8)14-2/h15-22H,13-14H2,1-12H3. The van der Waals surface area contributed by atoms with E-state index in [0.717, 1.165) is 47.3 Å². The van der Waals surface area contributed by atoms with Crippen molar-refractivity contribution in [3.8, 4) is 0 Å². The lowest BCUT2D eigenvalue weighted by molar-refractivity contribution is -0.0591. The predicted octanol–water partition coefficient (Wildman–Crippen LogP) is 7.92. The maximum Gasteiger partial charge on any atom is -0.0198 e. The molecular weight excluding hydrogens is 276 g/mol. The van der Waals surface area contributed by atoms with E-state index in [-0.39, 0.29) is 0 Å². The van der Waals surface area contributed by atoms with E-state index in [1.54, 1.807) is 0 Å². The first-order valence-corrected chi connectivity index (χ1v) is 10.5. The number of hydrogen-bond acceptors (Lipinski definition) is 0. The highest BCUT2D eigenvalue weighted by molar-refractivity contribution is 4.96. The van der Waals surface area contributed by atoms with Crippen molar-refractivity contribution in [3.05, 3.63) is 0 Å². The molecule has 0 rings (SSSR count). The van der Waals surface area contributed by atoms with Crippen molar-refractivity contribution in [1.82, 2.24) is 0 Å². The van der Waals surface area contributed by atoms with E-state index in [2.05, 4.69) is 83.1 Å². The Hall–Kier alpha value is 0. The summed E-state index contributed by atoms with van der Waals surface area (Å²) in [6.07, 6.45) is 2.60. The van der Waals surface area contributed by atoms with Gasteiger partial charge in [-0.3, -0.25) is 0 Å². The van der Waals surface area contributed by atoms with Gasteiger partial charge in [-0.05, 0) is 52.8 Å². The lowest BCUT2D eigenvalue weighted by Gasteiger charge is -2.54. The molecular formula is C23H48. The Morgan fingerprint density at radius 1 is 0.565 bits per heavy atom. The minimum Gasteiger partial charge on any atom is -0.0651 e. The first kappa shape index (κ1) is 23.0. The molecule has 0 fully saturated rings. The summed E-state index contributed by atoms with van der Waals surface area (Å²) in [4.78, 5) is 0. The van der Waals surface area contributed by atoms with Crippen LogP contribution in [-0.2, 0) is 0 Å². The van der Waals surface area contributed by atoms with E-state index in [9.17, 15) is 0 Å². The molecule has 23 heavy (non-hydrogen) atoms. The largest absolute Gasteiger partial charge is 0.0651 e. The molecule has 0 heteroatoms. The molecule has 6 atom stereocenters. The maximum atomic E-state index is 2.57. The van der Waals surface area contributed by atoms with Crippen LogP contribution in [-0.4, -0.2) is 0 Å². The summed E-state index contributed by atoms with van der Waals surface area (Å²) >= 11 is 0. The van der Waals surface area contributed by atoms with Crippen LogP contribution in [0.1, 0.15) is 95.9 Å². The fraction of sp³-hybridized carbons (Fsp3) is 1.00. The molecule has 140 valence electrons. The molecule has 0 aliphatic carbocycles. The number of hydrogen-bond donors (Lipinski definition) is 0. The Balaban J connectivity index is 5.65. The predicted molar refractivity (Wildman–Crippen MR) is 108 cm³/mol. The zero-order chi connectivity index (χ0) is 18.5. The molecule has 0 spiro atoms. The third-order valence-electron chi connectivity index (χ3n) is 8.24. The smallest absolute Gasteiger partial charge is 0.0198 e. The van der Waals surface area contributed by atoms with E-state index in [1.807, 2.05) is 0 Å². The normalized spacial score (nSPS) is 21.1. The second-order valence-electron chi connectivity index (χ2n) is 9.37. The molecule has 0 aromatic heterocycles. The van der Waals surface area contributed by atoms with Gasteiger partial charge in [-0.1, -0.05) is 95.9 Å². The van der Waals surface area contributed by atoms with Gasteiger partial charge >= 0.3 is 0 Å². The third kappa shape index (κ3) is 4.55. The second kappa shape index (κ2) is 9.47. The van der Waals surface area contributed by atoms with Gasteiger partial charge in [0.05, 0.1) is 0 Å². The molecule has 0 aliphatic heterocycles. The van der Waals surface area contributed by atoms with Crippen molar-refractivity contribution >= 4 is 0 Å².